The van der Waals surface area contributed by atoms with Crippen molar-refractivity contribution in [2.24, 2.45) is 0 Å². The van der Waals surface area contributed by atoms with E-state index in [-0.39, 0.29) is 18.5 Å². The zero-order chi connectivity index (χ0) is 12.0. The molecule has 5 heteroatoms. The van der Waals surface area contributed by atoms with Crippen molar-refractivity contribution in [3.05, 3.63) is 0 Å². The van der Waals surface area contributed by atoms with Gasteiger partial charge in [-0.05, 0) is 26.3 Å². The minimum Gasteiger partial charge on any atom is -0.388 e. The van der Waals surface area contributed by atoms with Crippen LogP contribution >= 0.6 is 0 Å². The standard InChI is InChI=1S/C11H22N2O3/c1-11(15,5-7-16-2)8-13-10(14)9-4-3-6-12-9/h9,12,15H,3-8H2,1-2H3,(H,13,14)/t9-,11?/m1/s1. The molecule has 1 amide bonds. The van der Waals surface area contributed by atoms with Gasteiger partial charge in [-0.1, -0.05) is 0 Å². The molecule has 1 fully saturated rings. The lowest BCUT2D eigenvalue weighted by Gasteiger charge is -2.24. The Morgan fingerprint density at radius 3 is 3.00 bits per heavy atom. The molecule has 0 aromatic carbocycles. The SMILES string of the molecule is COCCC(C)(O)CNC(=O)[C@H]1CCCN1. The van der Waals surface area contributed by atoms with Crippen molar-refractivity contribution in [1.82, 2.24) is 10.6 Å². The van der Waals surface area contributed by atoms with Gasteiger partial charge in [0, 0.05) is 26.7 Å². The molecule has 16 heavy (non-hydrogen) atoms. The first-order valence-electron chi connectivity index (χ1n) is 5.77. The van der Waals surface area contributed by atoms with Crippen LogP contribution in [0.3, 0.4) is 0 Å². The molecule has 0 aromatic rings. The number of nitrogens with one attached hydrogen (secondary N) is 2. The van der Waals surface area contributed by atoms with Crippen molar-refractivity contribution >= 4 is 5.91 Å². The third kappa shape index (κ3) is 4.47. The summed E-state index contributed by atoms with van der Waals surface area (Å²) in [6.07, 6.45) is 2.44. The van der Waals surface area contributed by atoms with Crippen molar-refractivity contribution in [3.8, 4) is 0 Å². The van der Waals surface area contributed by atoms with Crippen LogP contribution in [0.25, 0.3) is 0 Å². The summed E-state index contributed by atoms with van der Waals surface area (Å²) < 4.78 is 4.90. The Bertz CT molecular complexity index is 225. The lowest BCUT2D eigenvalue weighted by Crippen LogP contribution is -2.47. The number of rotatable bonds is 6. The van der Waals surface area contributed by atoms with Crippen LogP contribution in [0.2, 0.25) is 0 Å². The summed E-state index contributed by atoms with van der Waals surface area (Å²) in [5, 5.41) is 15.8. The molecule has 5 nitrogen and oxygen atoms in total. The number of ether oxygens (including phenoxy) is 1. The molecule has 1 unspecified atom stereocenters. The van der Waals surface area contributed by atoms with Crippen LogP contribution in [0.4, 0.5) is 0 Å². The largest absolute Gasteiger partial charge is 0.388 e. The summed E-state index contributed by atoms with van der Waals surface area (Å²) in [4.78, 5) is 11.6. The minimum atomic E-state index is -0.899. The molecule has 94 valence electrons. The second-order valence-corrected chi connectivity index (χ2v) is 4.61. The lowest BCUT2D eigenvalue weighted by atomic mass is 10.0. The average Bonchev–Trinajstić information content (AvgIpc) is 2.77. The number of carbonyl (C=O) groups excluding carboxylic acids is 1. The zero-order valence-corrected chi connectivity index (χ0v) is 10.1. The number of methoxy groups -OCH3 is 1. The molecule has 0 saturated carbocycles. The van der Waals surface area contributed by atoms with Crippen LogP contribution in [0, 0.1) is 0 Å². The monoisotopic (exact) mass is 230 g/mol. The lowest BCUT2D eigenvalue weighted by molar-refractivity contribution is -0.124. The zero-order valence-electron chi connectivity index (χ0n) is 10.1. The van der Waals surface area contributed by atoms with E-state index in [0.29, 0.717) is 13.0 Å². The molecule has 0 radical (unpaired) electrons. The van der Waals surface area contributed by atoms with Gasteiger partial charge >= 0.3 is 0 Å². The molecule has 0 spiro atoms. The van der Waals surface area contributed by atoms with Gasteiger partial charge in [0.15, 0.2) is 0 Å². The Labute approximate surface area is 96.6 Å². The topological polar surface area (TPSA) is 70.6 Å². The summed E-state index contributed by atoms with van der Waals surface area (Å²) in [5.74, 6) is -0.0183. The van der Waals surface area contributed by atoms with E-state index < -0.39 is 5.60 Å². The first kappa shape index (κ1) is 13.4. The quantitative estimate of drug-likeness (QED) is 0.583. The van der Waals surface area contributed by atoms with Crippen molar-refractivity contribution in [2.45, 2.75) is 37.8 Å². The smallest absolute Gasteiger partial charge is 0.237 e. The van der Waals surface area contributed by atoms with Crippen LogP contribution in [0.1, 0.15) is 26.2 Å². The summed E-state index contributed by atoms with van der Waals surface area (Å²) in [6.45, 7) is 3.37. The van der Waals surface area contributed by atoms with Gasteiger partial charge in [0.1, 0.15) is 0 Å². The highest BCUT2D eigenvalue weighted by Gasteiger charge is 2.25. The van der Waals surface area contributed by atoms with E-state index in [1.807, 2.05) is 0 Å². The molecule has 0 aliphatic carbocycles. The van der Waals surface area contributed by atoms with E-state index in [2.05, 4.69) is 10.6 Å². The van der Waals surface area contributed by atoms with Crippen LogP contribution in [0.5, 0.6) is 0 Å². The van der Waals surface area contributed by atoms with Gasteiger partial charge in [0.05, 0.1) is 11.6 Å². The van der Waals surface area contributed by atoms with Gasteiger partial charge in [-0.15, -0.1) is 0 Å². The maximum Gasteiger partial charge on any atom is 0.237 e. The van der Waals surface area contributed by atoms with Gasteiger partial charge in [-0.2, -0.15) is 0 Å². The Kier molecular flexibility index (Phi) is 5.18. The fourth-order valence-electron chi connectivity index (χ4n) is 1.72. The summed E-state index contributed by atoms with van der Waals surface area (Å²) in [7, 11) is 1.59. The van der Waals surface area contributed by atoms with E-state index in [1.54, 1.807) is 14.0 Å². The second kappa shape index (κ2) is 6.18. The molecular weight excluding hydrogens is 208 g/mol. The second-order valence-electron chi connectivity index (χ2n) is 4.61. The highest BCUT2D eigenvalue weighted by Crippen LogP contribution is 2.09. The van der Waals surface area contributed by atoms with Gasteiger partial charge in [-0.3, -0.25) is 4.79 Å². The van der Waals surface area contributed by atoms with Gasteiger partial charge in [-0.25, -0.2) is 0 Å². The Balaban J connectivity index is 2.24. The summed E-state index contributed by atoms with van der Waals surface area (Å²) in [6, 6.07) is -0.0850. The number of amides is 1. The highest BCUT2D eigenvalue weighted by atomic mass is 16.5. The number of hydrogen-bond donors (Lipinski definition) is 3. The van der Waals surface area contributed by atoms with Gasteiger partial charge in [0.2, 0.25) is 5.91 Å². The van der Waals surface area contributed by atoms with E-state index in [9.17, 15) is 9.90 Å². The van der Waals surface area contributed by atoms with Crippen molar-refractivity contribution in [2.75, 3.05) is 26.8 Å². The fourth-order valence-corrected chi connectivity index (χ4v) is 1.72. The third-order valence-electron chi connectivity index (χ3n) is 2.87. The molecule has 1 heterocycles. The van der Waals surface area contributed by atoms with Crippen molar-refractivity contribution < 1.29 is 14.6 Å². The minimum absolute atomic E-state index is 0.0183. The molecular formula is C11H22N2O3. The Hall–Kier alpha value is -0.650. The van der Waals surface area contributed by atoms with E-state index >= 15 is 0 Å². The first-order chi connectivity index (χ1) is 7.55. The molecule has 1 rings (SSSR count). The normalized spacial score (nSPS) is 24.1. The Morgan fingerprint density at radius 1 is 1.69 bits per heavy atom. The third-order valence-corrected chi connectivity index (χ3v) is 2.87. The van der Waals surface area contributed by atoms with Crippen LogP contribution in [0.15, 0.2) is 0 Å². The van der Waals surface area contributed by atoms with Gasteiger partial charge < -0.3 is 20.5 Å². The van der Waals surface area contributed by atoms with Crippen molar-refractivity contribution in [3.63, 3.8) is 0 Å². The van der Waals surface area contributed by atoms with E-state index in [1.165, 1.54) is 0 Å². The molecule has 2 atom stereocenters. The van der Waals surface area contributed by atoms with Crippen LogP contribution < -0.4 is 10.6 Å². The van der Waals surface area contributed by atoms with Crippen LogP contribution in [-0.4, -0.2) is 49.5 Å². The summed E-state index contributed by atoms with van der Waals surface area (Å²) >= 11 is 0. The molecule has 3 N–H and O–H groups in total. The first-order valence-corrected chi connectivity index (χ1v) is 5.77. The molecule has 1 aliphatic rings. The molecule has 1 saturated heterocycles. The predicted molar refractivity (Wildman–Crippen MR) is 61.2 cm³/mol. The van der Waals surface area contributed by atoms with Crippen molar-refractivity contribution in [1.29, 1.82) is 0 Å². The average molecular weight is 230 g/mol. The predicted octanol–water partition coefficient (Wildman–Crippen LogP) is -0.358. The highest BCUT2D eigenvalue weighted by molar-refractivity contribution is 5.82. The Morgan fingerprint density at radius 2 is 2.44 bits per heavy atom. The fraction of sp³-hybridized carbons (Fsp3) is 0.909. The van der Waals surface area contributed by atoms with E-state index in [0.717, 1.165) is 19.4 Å². The number of carbonyl (C=O) groups is 1. The van der Waals surface area contributed by atoms with Crippen LogP contribution in [-0.2, 0) is 9.53 Å². The number of aliphatic hydroxyl groups is 1. The molecule has 0 aromatic heterocycles. The maximum absolute atomic E-state index is 11.6. The summed E-state index contributed by atoms with van der Waals surface area (Å²) in [5.41, 5.74) is -0.899. The maximum atomic E-state index is 11.6. The molecule has 1 aliphatic heterocycles. The van der Waals surface area contributed by atoms with Gasteiger partial charge in [0.25, 0.3) is 0 Å². The molecule has 0 bridgehead atoms. The number of hydrogen-bond acceptors (Lipinski definition) is 4. The van der Waals surface area contributed by atoms with E-state index in [4.69, 9.17) is 4.74 Å².